The van der Waals surface area contributed by atoms with Gasteiger partial charge in [-0.2, -0.15) is 0 Å². The minimum atomic E-state index is -1.00. The lowest BCUT2D eigenvalue weighted by Gasteiger charge is -2.31. The molecule has 32 heavy (non-hydrogen) atoms. The summed E-state index contributed by atoms with van der Waals surface area (Å²) in [5.41, 5.74) is 0. The average molecular weight is 456 g/mol. The van der Waals surface area contributed by atoms with E-state index in [0.29, 0.717) is 38.1 Å². The van der Waals surface area contributed by atoms with Gasteiger partial charge in [0.25, 0.3) is 0 Å². The van der Waals surface area contributed by atoms with Gasteiger partial charge in [0.1, 0.15) is 6.17 Å². The highest BCUT2D eigenvalue weighted by molar-refractivity contribution is 5.86. The van der Waals surface area contributed by atoms with E-state index in [1.54, 1.807) is 7.05 Å². The molecule has 9 nitrogen and oxygen atoms in total. The molecule has 0 saturated heterocycles. The first-order chi connectivity index (χ1) is 15.3. The van der Waals surface area contributed by atoms with E-state index in [9.17, 15) is 23.9 Å². The van der Waals surface area contributed by atoms with Gasteiger partial charge in [0, 0.05) is 31.6 Å². The number of carbonyl (C=O) groups is 3. The van der Waals surface area contributed by atoms with Gasteiger partial charge in [0.05, 0.1) is 13.0 Å². The number of carbonyl (C=O) groups excluding carboxylic acids is 2. The molecule has 0 aromatic rings. The Labute approximate surface area is 189 Å². The van der Waals surface area contributed by atoms with Crippen molar-refractivity contribution in [2.75, 3.05) is 20.1 Å². The number of nitrogens with one attached hydrogen (secondary N) is 4. The first kappa shape index (κ1) is 25.9. The van der Waals surface area contributed by atoms with Crippen LogP contribution in [0.2, 0.25) is 0 Å². The summed E-state index contributed by atoms with van der Waals surface area (Å²) in [6.45, 7) is 2.55. The number of hydrogen-bond donors (Lipinski definition) is 5. The Morgan fingerprint density at radius 3 is 2.44 bits per heavy atom. The van der Waals surface area contributed by atoms with Crippen LogP contribution in [0.3, 0.4) is 0 Å². The van der Waals surface area contributed by atoms with E-state index in [1.165, 1.54) is 0 Å². The zero-order chi connectivity index (χ0) is 23.5. The van der Waals surface area contributed by atoms with Crippen LogP contribution >= 0.6 is 0 Å². The maximum atomic E-state index is 13.4. The van der Waals surface area contributed by atoms with Crippen molar-refractivity contribution >= 4 is 23.7 Å². The van der Waals surface area contributed by atoms with Gasteiger partial charge >= 0.3 is 5.97 Å². The molecular weight excluding hydrogens is 417 g/mol. The molecule has 0 radical (unpaired) electrons. The van der Waals surface area contributed by atoms with Crippen LogP contribution < -0.4 is 21.3 Å². The predicted octanol–water partition coefficient (Wildman–Crippen LogP) is 1.33. The summed E-state index contributed by atoms with van der Waals surface area (Å²) < 4.78 is 13.4. The van der Waals surface area contributed by atoms with Crippen molar-refractivity contribution in [3.05, 3.63) is 0 Å². The van der Waals surface area contributed by atoms with Crippen LogP contribution in [0.1, 0.15) is 64.7 Å². The Bertz CT molecular complexity index is 667. The zero-order valence-corrected chi connectivity index (χ0v) is 19.2. The molecule has 0 aromatic heterocycles. The number of carboxylic acids is 1. The second-order valence-electron chi connectivity index (χ2n) is 8.81. The number of guanidine groups is 1. The molecule has 10 heteroatoms. The largest absolute Gasteiger partial charge is 0.481 e. The number of carboxylic acid groups (broad SMARTS) is 1. The molecule has 5 N–H and O–H groups in total. The minimum Gasteiger partial charge on any atom is -0.481 e. The average Bonchev–Trinajstić information content (AvgIpc) is 2.77. The molecule has 2 aliphatic carbocycles. The van der Waals surface area contributed by atoms with E-state index in [2.05, 4.69) is 26.3 Å². The van der Waals surface area contributed by atoms with Crippen LogP contribution in [0.25, 0.3) is 0 Å². The van der Waals surface area contributed by atoms with Crippen LogP contribution in [0.15, 0.2) is 4.99 Å². The molecule has 0 heterocycles. The van der Waals surface area contributed by atoms with Crippen LogP contribution in [0.5, 0.6) is 0 Å². The molecule has 0 aliphatic heterocycles. The van der Waals surface area contributed by atoms with E-state index < -0.39 is 24.1 Å². The zero-order valence-electron chi connectivity index (χ0n) is 19.2. The number of amides is 2. The quantitative estimate of drug-likeness (QED) is 0.263. The third kappa shape index (κ3) is 8.63. The number of aliphatic carboxylic acids is 1. The van der Waals surface area contributed by atoms with E-state index >= 15 is 0 Å². The fourth-order valence-corrected chi connectivity index (χ4v) is 4.69. The first-order valence-electron chi connectivity index (χ1n) is 11.7. The maximum absolute atomic E-state index is 13.4. The maximum Gasteiger partial charge on any atom is 0.305 e. The minimum absolute atomic E-state index is 0.0610. The Hall–Kier alpha value is -2.39. The first-order valence-corrected chi connectivity index (χ1v) is 11.7. The summed E-state index contributed by atoms with van der Waals surface area (Å²) in [5.74, 6) is -1.13. The lowest BCUT2D eigenvalue weighted by Crippen LogP contribution is -2.49. The molecule has 2 fully saturated rings. The summed E-state index contributed by atoms with van der Waals surface area (Å²) in [4.78, 5) is 40.4. The fourth-order valence-electron chi connectivity index (χ4n) is 4.69. The molecule has 2 aliphatic rings. The Morgan fingerprint density at radius 1 is 1.09 bits per heavy atom. The van der Waals surface area contributed by atoms with Crippen LogP contribution in [-0.2, 0) is 14.4 Å². The van der Waals surface area contributed by atoms with Crippen molar-refractivity contribution in [2.45, 2.75) is 83.0 Å². The normalized spacial score (nSPS) is 27.2. The van der Waals surface area contributed by atoms with Gasteiger partial charge < -0.3 is 26.4 Å². The number of halogens is 1. The standard InChI is InChI=1S/C22H38FN5O4/c1-3-25-22(24-2)27-17-6-4-5-15(11-17)21(32)26-13-19(29)28-18(12-20(30)31)14-7-9-16(23)10-8-14/h14-18H,3-13H2,1-2H3,(H,26,32)(H,28,29)(H,30,31)(H2,24,25,27). The summed E-state index contributed by atoms with van der Waals surface area (Å²) in [6, 6.07) is -0.415. The van der Waals surface area contributed by atoms with E-state index in [4.69, 9.17) is 0 Å². The monoisotopic (exact) mass is 455 g/mol. The van der Waals surface area contributed by atoms with Gasteiger partial charge in [-0.1, -0.05) is 6.42 Å². The Balaban J connectivity index is 1.81. The molecule has 2 amide bonds. The van der Waals surface area contributed by atoms with E-state index in [0.717, 1.165) is 25.8 Å². The van der Waals surface area contributed by atoms with Crippen molar-refractivity contribution in [3.63, 3.8) is 0 Å². The predicted molar refractivity (Wildman–Crippen MR) is 120 cm³/mol. The third-order valence-corrected chi connectivity index (χ3v) is 6.39. The summed E-state index contributed by atoms with van der Waals surface area (Å²) in [5, 5.41) is 21.1. The highest BCUT2D eigenvalue weighted by atomic mass is 19.1. The van der Waals surface area contributed by atoms with Gasteiger partial charge in [-0.05, 0) is 57.8 Å². The second-order valence-corrected chi connectivity index (χ2v) is 8.81. The molecule has 0 spiro atoms. The van der Waals surface area contributed by atoms with E-state index in [-0.39, 0.29) is 36.8 Å². The summed E-state index contributed by atoms with van der Waals surface area (Å²) in [6.07, 6.45) is 4.12. The second kappa shape index (κ2) is 13.2. The van der Waals surface area contributed by atoms with Crippen LogP contribution in [-0.4, -0.2) is 67.2 Å². The number of hydrogen-bond acceptors (Lipinski definition) is 4. The molecule has 0 bridgehead atoms. The van der Waals surface area contributed by atoms with Crippen molar-refractivity contribution < 1.29 is 23.9 Å². The number of alkyl halides is 1. The topological polar surface area (TPSA) is 132 Å². The fraction of sp³-hybridized carbons (Fsp3) is 0.818. The van der Waals surface area contributed by atoms with Crippen LogP contribution in [0, 0.1) is 11.8 Å². The van der Waals surface area contributed by atoms with Gasteiger partial charge in [0.2, 0.25) is 11.8 Å². The molecule has 3 atom stereocenters. The lowest BCUT2D eigenvalue weighted by atomic mass is 9.82. The molecular formula is C22H38FN5O4. The highest BCUT2D eigenvalue weighted by Gasteiger charge is 2.31. The Kier molecular flexibility index (Phi) is 10.7. The van der Waals surface area contributed by atoms with Gasteiger partial charge in [-0.3, -0.25) is 19.4 Å². The number of nitrogens with zero attached hydrogens (tertiary/aromatic N) is 1. The number of rotatable bonds is 9. The molecule has 0 aromatic carbocycles. The van der Waals surface area contributed by atoms with Crippen molar-refractivity contribution in [2.24, 2.45) is 16.8 Å². The molecule has 3 unspecified atom stereocenters. The van der Waals surface area contributed by atoms with Crippen molar-refractivity contribution in [1.29, 1.82) is 0 Å². The van der Waals surface area contributed by atoms with Crippen molar-refractivity contribution in [1.82, 2.24) is 21.3 Å². The summed E-state index contributed by atoms with van der Waals surface area (Å²) >= 11 is 0. The smallest absolute Gasteiger partial charge is 0.305 e. The van der Waals surface area contributed by atoms with E-state index in [1.807, 2.05) is 6.92 Å². The van der Waals surface area contributed by atoms with Crippen molar-refractivity contribution in [3.8, 4) is 0 Å². The molecule has 182 valence electrons. The summed E-state index contributed by atoms with van der Waals surface area (Å²) in [7, 11) is 1.71. The lowest BCUT2D eigenvalue weighted by molar-refractivity contribution is -0.138. The highest BCUT2D eigenvalue weighted by Crippen LogP contribution is 2.30. The van der Waals surface area contributed by atoms with Crippen LogP contribution in [0.4, 0.5) is 4.39 Å². The Morgan fingerprint density at radius 2 is 1.81 bits per heavy atom. The van der Waals surface area contributed by atoms with Gasteiger partial charge in [0.15, 0.2) is 5.96 Å². The molecule has 2 rings (SSSR count). The molecule has 2 saturated carbocycles. The number of aliphatic imine (C=N–C) groups is 1. The third-order valence-electron chi connectivity index (χ3n) is 6.39. The van der Waals surface area contributed by atoms with Gasteiger partial charge in [-0.15, -0.1) is 0 Å². The van der Waals surface area contributed by atoms with Gasteiger partial charge in [-0.25, -0.2) is 4.39 Å². The SMILES string of the molecule is CCNC(=NC)NC1CCCC(C(=O)NCC(=O)NC(CC(=O)O)C2CCC(F)CC2)C1.